The first-order valence-electron chi connectivity index (χ1n) is 21.4. The molecule has 1 aromatic carbocycles. The molecule has 1 saturated carbocycles. The van der Waals surface area contributed by atoms with Gasteiger partial charge >= 0.3 is 0 Å². The van der Waals surface area contributed by atoms with Crippen molar-refractivity contribution in [3.8, 4) is 6.07 Å². The number of nitrogens with two attached hydrogens (primary N) is 1. The summed E-state index contributed by atoms with van der Waals surface area (Å²) in [6, 6.07) is 12.9. The normalized spacial score (nSPS) is 19.7. The molecule has 15 nitrogen and oxygen atoms in total. The number of fused-ring (bicyclic) bond motifs is 1. The van der Waals surface area contributed by atoms with Crippen LogP contribution in [0.2, 0.25) is 0 Å². The number of hydrogen-bond acceptors (Lipinski definition) is 12. The van der Waals surface area contributed by atoms with E-state index < -0.39 is 29.2 Å². The van der Waals surface area contributed by atoms with Gasteiger partial charge in [0.2, 0.25) is 11.8 Å². The Balaban J connectivity index is 0.000000186. The molecule has 1 atom stereocenters. The summed E-state index contributed by atoms with van der Waals surface area (Å²) in [5, 5.41) is 32.6. The molecule has 3 aromatic heterocycles. The smallest absolute Gasteiger partial charge is 0.274 e. The molecule has 4 aliphatic rings. The molecule has 6 heterocycles. The maximum atomic E-state index is 14.8. The van der Waals surface area contributed by atoms with Gasteiger partial charge in [0, 0.05) is 92.6 Å². The Morgan fingerprint density at radius 3 is 2.48 bits per heavy atom. The molecule has 3 amide bonds. The van der Waals surface area contributed by atoms with E-state index in [1.165, 1.54) is 36.0 Å². The van der Waals surface area contributed by atoms with Crippen LogP contribution in [0.4, 0.5) is 21.5 Å². The summed E-state index contributed by atoms with van der Waals surface area (Å²) in [7, 11) is 0. The average molecular weight is 834 g/mol. The molecule has 61 heavy (non-hydrogen) atoms. The number of benzene rings is 1. The molecule has 0 bridgehead atoms. The SMILES string of the molecule is CC(C)(O)c1cc(N)c(C=NC2CCCCC2)cc1NC(=O)c1ccc2cc(C#N)cnn12.Cc1nc(C2CCC(=O)NC2=O)c(F)cc1N1CCC(N2CCNCC2)CC1. The van der Waals surface area contributed by atoms with E-state index in [0.29, 0.717) is 57.8 Å². The van der Waals surface area contributed by atoms with Gasteiger partial charge in [-0.1, -0.05) is 19.3 Å². The Morgan fingerprint density at radius 2 is 1.79 bits per heavy atom. The number of nitrogens with zero attached hydrogens (tertiary/aromatic N) is 7. The number of rotatable bonds is 8. The fourth-order valence-electron chi connectivity index (χ4n) is 8.82. The van der Waals surface area contributed by atoms with Crippen molar-refractivity contribution in [1.82, 2.24) is 30.1 Å². The fraction of sp³-hybridized carbons (Fsp3) is 0.489. The zero-order chi connectivity index (χ0) is 43.3. The first-order chi connectivity index (χ1) is 29.3. The number of hydrogen-bond donors (Lipinski definition) is 5. The van der Waals surface area contributed by atoms with Crippen molar-refractivity contribution in [3.63, 3.8) is 0 Å². The topological polar surface area (TPSA) is 206 Å². The number of nitriles is 1. The number of aromatic nitrogens is 3. The van der Waals surface area contributed by atoms with Gasteiger partial charge in [0.25, 0.3) is 5.91 Å². The van der Waals surface area contributed by atoms with Crippen LogP contribution in [0.25, 0.3) is 5.52 Å². The molecule has 8 rings (SSSR count). The van der Waals surface area contributed by atoms with Crippen molar-refractivity contribution in [2.75, 3.05) is 55.2 Å². The van der Waals surface area contributed by atoms with E-state index in [-0.39, 0.29) is 18.0 Å². The van der Waals surface area contributed by atoms with Gasteiger partial charge in [-0.2, -0.15) is 10.4 Å². The summed E-state index contributed by atoms with van der Waals surface area (Å²) in [6.07, 6.45) is 11.6. The van der Waals surface area contributed by atoms with E-state index in [2.05, 4.69) is 35.8 Å². The van der Waals surface area contributed by atoms with Crippen molar-refractivity contribution < 1.29 is 23.9 Å². The van der Waals surface area contributed by atoms with Crippen LogP contribution in [-0.2, 0) is 15.2 Å². The van der Waals surface area contributed by atoms with Gasteiger partial charge in [0.1, 0.15) is 17.6 Å². The van der Waals surface area contributed by atoms with Gasteiger partial charge in [0.15, 0.2) is 0 Å². The molecular formula is C45H56FN11O4. The summed E-state index contributed by atoms with van der Waals surface area (Å²) < 4.78 is 16.3. The second-order valence-corrected chi connectivity index (χ2v) is 17.0. The van der Waals surface area contributed by atoms with Crippen LogP contribution in [0.3, 0.4) is 0 Å². The molecule has 0 radical (unpaired) electrons. The molecule has 322 valence electrons. The van der Waals surface area contributed by atoms with Crippen molar-refractivity contribution in [2.24, 2.45) is 4.99 Å². The number of aryl methyl sites for hydroxylation is 1. The first kappa shape index (κ1) is 43.3. The zero-order valence-electron chi connectivity index (χ0n) is 35.2. The third-order valence-electron chi connectivity index (χ3n) is 12.2. The molecule has 3 saturated heterocycles. The molecule has 4 aromatic rings. The molecule has 3 aliphatic heterocycles. The van der Waals surface area contributed by atoms with Crippen LogP contribution in [0.15, 0.2) is 47.6 Å². The van der Waals surface area contributed by atoms with Crippen molar-refractivity contribution >= 4 is 46.5 Å². The number of anilines is 3. The predicted molar refractivity (Wildman–Crippen MR) is 232 cm³/mol. The monoisotopic (exact) mass is 833 g/mol. The second-order valence-electron chi connectivity index (χ2n) is 17.0. The highest BCUT2D eigenvalue weighted by Gasteiger charge is 2.33. The van der Waals surface area contributed by atoms with E-state index in [4.69, 9.17) is 16.0 Å². The molecule has 4 fully saturated rings. The number of amides is 3. The largest absolute Gasteiger partial charge is 0.398 e. The Labute approximate surface area is 355 Å². The fourth-order valence-corrected chi connectivity index (χ4v) is 8.82. The van der Waals surface area contributed by atoms with E-state index in [0.717, 1.165) is 76.3 Å². The number of piperidine rings is 2. The summed E-state index contributed by atoms with van der Waals surface area (Å²) in [4.78, 5) is 50.5. The number of aliphatic hydroxyl groups is 1. The van der Waals surface area contributed by atoms with Gasteiger partial charge in [-0.05, 0) is 83.2 Å². The molecular weight excluding hydrogens is 778 g/mol. The summed E-state index contributed by atoms with van der Waals surface area (Å²) in [5.41, 5.74) is 10.3. The molecule has 1 aliphatic carbocycles. The lowest BCUT2D eigenvalue weighted by Gasteiger charge is -2.41. The van der Waals surface area contributed by atoms with Gasteiger partial charge in [-0.15, -0.1) is 0 Å². The lowest BCUT2D eigenvalue weighted by Crippen LogP contribution is -2.52. The summed E-state index contributed by atoms with van der Waals surface area (Å²) in [5.74, 6) is -2.30. The average Bonchev–Trinajstić information content (AvgIpc) is 3.69. The van der Waals surface area contributed by atoms with E-state index >= 15 is 0 Å². The number of carbonyl (C=O) groups is 3. The van der Waals surface area contributed by atoms with Crippen molar-refractivity contribution in [3.05, 3.63) is 82.2 Å². The van der Waals surface area contributed by atoms with Gasteiger partial charge < -0.3 is 26.4 Å². The predicted octanol–water partition coefficient (Wildman–Crippen LogP) is 4.94. The minimum Gasteiger partial charge on any atom is -0.398 e. The number of carbonyl (C=O) groups excluding carboxylic acids is 3. The highest BCUT2D eigenvalue weighted by molar-refractivity contribution is 6.05. The van der Waals surface area contributed by atoms with Crippen LogP contribution < -0.4 is 26.6 Å². The number of piperazine rings is 1. The van der Waals surface area contributed by atoms with Crippen LogP contribution in [0.5, 0.6) is 0 Å². The number of halogens is 1. The number of nitrogen functional groups attached to an aromatic ring is 1. The van der Waals surface area contributed by atoms with Gasteiger partial charge in [-0.25, -0.2) is 8.91 Å². The number of pyridine rings is 1. The first-order valence-corrected chi connectivity index (χ1v) is 21.4. The molecule has 0 spiro atoms. The van der Waals surface area contributed by atoms with Crippen molar-refractivity contribution in [2.45, 2.75) is 102 Å². The van der Waals surface area contributed by atoms with Crippen LogP contribution in [0, 0.1) is 24.1 Å². The highest BCUT2D eigenvalue weighted by Crippen LogP contribution is 2.34. The maximum Gasteiger partial charge on any atom is 0.274 e. The number of imide groups is 1. The lowest BCUT2D eigenvalue weighted by molar-refractivity contribution is -0.134. The van der Waals surface area contributed by atoms with Crippen LogP contribution in [0.1, 0.15) is 116 Å². The standard InChI is InChI=1S/C25H28N6O2.C20H28FN5O2/c1-25(2,33)20-12-21(27)17(15-28-18-6-4-3-5-7-18)11-22(20)30-24(32)23-9-8-19-10-16(13-26)14-29-31(19)23;1-13-17(26-8-4-14(5-9-26)25-10-6-22-7-11-25)12-16(21)19(23-13)15-2-3-18(27)24-20(15)28/h8-12,14-15,18,33H,3-7,27H2,1-2H3,(H,30,32);12,14-15,22H,2-11H2,1H3,(H,24,27,28). The third-order valence-corrected chi connectivity index (χ3v) is 12.2. The lowest BCUT2D eigenvalue weighted by atomic mass is 9.93. The molecule has 1 unspecified atom stereocenters. The number of nitrogens with one attached hydrogen (secondary N) is 3. The summed E-state index contributed by atoms with van der Waals surface area (Å²) >= 11 is 0. The Morgan fingerprint density at radius 1 is 1.05 bits per heavy atom. The third kappa shape index (κ3) is 10.2. The minimum absolute atomic E-state index is 0.155. The van der Waals surface area contributed by atoms with E-state index in [1.54, 1.807) is 50.4 Å². The van der Waals surface area contributed by atoms with Gasteiger partial charge in [0.05, 0.1) is 45.9 Å². The Kier molecular flexibility index (Phi) is 13.4. The quantitative estimate of drug-likeness (QED) is 0.0913. The highest BCUT2D eigenvalue weighted by atomic mass is 19.1. The molecule has 6 N–H and O–H groups in total. The molecule has 16 heteroatoms. The minimum atomic E-state index is -1.23. The Bertz CT molecular complexity index is 2330. The Hall–Kier alpha value is -5.76. The van der Waals surface area contributed by atoms with Crippen molar-refractivity contribution in [1.29, 1.82) is 5.26 Å². The van der Waals surface area contributed by atoms with Crippen LogP contribution >= 0.6 is 0 Å². The number of aliphatic imine (C=N–C) groups is 1. The van der Waals surface area contributed by atoms with Crippen LogP contribution in [-0.4, -0.2) is 99.9 Å². The van der Waals surface area contributed by atoms with E-state index in [9.17, 15) is 23.9 Å². The maximum absolute atomic E-state index is 14.8. The zero-order valence-corrected chi connectivity index (χ0v) is 35.2. The van der Waals surface area contributed by atoms with Gasteiger partial charge in [-0.3, -0.25) is 34.6 Å². The summed E-state index contributed by atoms with van der Waals surface area (Å²) in [6.45, 7) is 11.2. The van der Waals surface area contributed by atoms with E-state index in [1.807, 2.05) is 13.0 Å². The second kappa shape index (κ2) is 18.9.